The molecule has 1 fully saturated rings. The third-order valence-electron chi connectivity index (χ3n) is 3.50. The largest absolute Gasteiger partial charge is 0.354 e. The van der Waals surface area contributed by atoms with Crippen molar-refractivity contribution in [2.45, 2.75) is 13.8 Å². The number of benzene rings is 1. The van der Waals surface area contributed by atoms with E-state index in [1.54, 1.807) is 13.8 Å². The van der Waals surface area contributed by atoms with Gasteiger partial charge in [-0.3, -0.25) is 29.4 Å². The predicted molar refractivity (Wildman–Crippen MR) is 98.6 cm³/mol. The van der Waals surface area contributed by atoms with E-state index in [-0.39, 0.29) is 40.5 Å². The number of imide groups is 1. The lowest BCUT2D eigenvalue weighted by Gasteiger charge is -2.13. The number of thioether (sulfide) groups is 1. The zero-order valence-corrected chi connectivity index (χ0v) is 15.6. The smallest absolute Gasteiger partial charge is 0.293 e. The summed E-state index contributed by atoms with van der Waals surface area (Å²) in [5.74, 6) is -0.858. The maximum Gasteiger partial charge on any atom is 0.293 e. The van der Waals surface area contributed by atoms with Crippen LogP contribution < -0.4 is 5.32 Å². The summed E-state index contributed by atoms with van der Waals surface area (Å²) < 4.78 is 0. The summed E-state index contributed by atoms with van der Waals surface area (Å²) in [5.41, 5.74) is 0.107. The van der Waals surface area contributed by atoms with Gasteiger partial charge in [-0.15, -0.1) is 0 Å². The molecule has 8 nitrogen and oxygen atoms in total. The first-order valence-electron chi connectivity index (χ1n) is 7.67. The van der Waals surface area contributed by atoms with Crippen molar-refractivity contribution in [2.75, 3.05) is 13.1 Å². The lowest BCUT2D eigenvalue weighted by Crippen LogP contribution is -2.38. The Morgan fingerprint density at radius 1 is 1.42 bits per heavy atom. The van der Waals surface area contributed by atoms with Crippen molar-refractivity contribution in [1.82, 2.24) is 10.2 Å². The quantitative estimate of drug-likeness (QED) is 0.448. The van der Waals surface area contributed by atoms with Gasteiger partial charge >= 0.3 is 0 Å². The van der Waals surface area contributed by atoms with Crippen LogP contribution in [0.3, 0.4) is 0 Å². The number of hydrogen-bond acceptors (Lipinski definition) is 6. The molecule has 0 spiro atoms. The second kappa shape index (κ2) is 8.33. The van der Waals surface area contributed by atoms with Crippen molar-refractivity contribution in [3.63, 3.8) is 0 Å². The van der Waals surface area contributed by atoms with Crippen molar-refractivity contribution in [1.29, 1.82) is 0 Å². The second-order valence-electron chi connectivity index (χ2n) is 5.75. The molecule has 1 aromatic rings. The summed E-state index contributed by atoms with van der Waals surface area (Å²) in [4.78, 5) is 47.4. The number of nitrogens with one attached hydrogen (secondary N) is 1. The highest BCUT2D eigenvalue weighted by atomic mass is 35.5. The minimum absolute atomic E-state index is 0.0128. The molecule has 1 aliphatic rings. The first kappa shape index (κ1) is 19.9. The molecule has 138 valence electrons. The Bertz CT molecular complexity index is 809. The predicted octanol–water partition coefficient (Wildman–Crippen LogP) is 3.06. The number of halogens is 1. The molecular weight excluding hydrogens is 382 g/mol. The number of carbonyl (C=O) groups excluding carboxylic acids is 3. The van der Waals surface area contributed by atoms with E-state index in [1.807, 2.05) is 0 Å². The van der Waals surface area contributed by atoms with Gasteiger partial charge in [-0.05, 0) is 29.5 Å². The number of amides is 3. The molecule has 0 aliphatic carbocycles. The first-order chi connectivity index (χ1) is 12.2. The van der Waals surface area contributed by atoms with E-state index in [1.165, 1.54) is 24.3 Å². The summed E-state index contributed by atoms with van der Waals surface area (Å²) in [7, 11) is 0. The normalized spacial score (nSPS) is 15.8. The van der Waals surface area contributed by atoms with E-state index in [2.05, 4.69) is 5.32 Å². The van der Waals surface area contributed by atoms with Gasteiger partial charge in [0.2, 0.25) is 5.91 Å². The van der Waals surface area contributed by atoms with Crippen molar-refractivity contribution >= 4 is 52.2 Å². The molecule has 1 aliphatic heterocycles. The third-order valence-corrected chi connectivity index (χ3v) is 4.72. The molecule has 10 heteroatoms. The van der Waals surface area contributed by atoms with Crippen LogP contribution in [0.4, 0.5) is 10.5 Å². The van der Waals surface area contributed by atoms with Gasteiger partial charge in [0.25, 0.3) is 16.8 Å². The second-order valence-corrected chi connectivity index (χ2v) is 7.15. The molecule has 1 heterocycles. The molecule has 0 saturated carbocycles. The van der Waals surface area contributed by atoms with Crippen molar-refractivity contribution < 1.29 is 19.3 Å². The lowest BCUT2D eigenvalue weighted by molar-refractivity contribution is -0.384. The highest BCUT2D eigenvalue weighted by Crippen LogP contribution is 2.33. The van der Waals surface area contributed by atoms with Crippen molar-refractivity contribution in [2.24, 2.45) is 5.92 Å². The number of carbonyl (C=O) groups is 3. The number of nitrogens with zero attached hydrogens (tertiary/aromatic N) is 2. The van der Waals surface area contributed by atoms with Gasteiger partial charge in [0.15, 0.2) is 0 Å². The minimum atomic E-state index is -0.622. The molecule has 1 aromatic carbocycles. The fraction of sp³-hybridized carbons (Fsp3) is 0.312. The molecule has 26 heavy (non-hydrogen) atoms. The first-order valence-corrected chi connectivity index (χ1v) is 8.87. The van der Waals surface area contributed by atoms with Crippen LogP contribution in [0.5, 0.6) is 0 Å². The number of nitro benzene ring substituents is 1. The highest BCUT2D eigenvalue weighted by Gasteiger charge is 2.34. The molecule has 0 aromatic heterocycles. The van der Waals surface area contributed by atoms with E-state index in [9.17, 15) is 24.5 Å². The molecule has 0 radical (unpaired) electrons. The summed E-state index contributed by atoms with van der Waals surface area (Å²) in [5, 5.41) is 13.1. The van der Waals surface area contributed by atoms with Crippen LogP contribution in [-0.2, 0) is 9.59 Å². The number of hydrogen-bond donors (Lipinski definition) is 1. The molecule has 0 unspecified atom stereocenters. The fourth-order valence-corrected chi connectivity index (χ4v) is 3.15. The summed E-state index contributed by atoms with van der Waals surface area (Å²) in [6.45, 7) is 3.70. The van der Waals surface area contributed by atoms with E-state index in [0.29, 0.717) is 5.56 Å². The monoisotopic (exact) mass is 397 g/mol. The SMILES string of the molecule is CC(C)C(=O)NCCN1C(=O)S/C(=C/c2ccc(Cl)c([N+](=O)[O-])c2)C1=O. The van der Waals surface area contributed by atoms with Crippen LogP contribution in [0.1, 0.15) is 19.4 Å². The van der Waals surface area contributed by atoms with E-state index in [0.717, 1.165) is 16.7 Å². The summed E-state index contributed by atoms with van der Waals surface area (Å²) >= 11 is 6.50. The van der Waals surface area contributed by atoms with Gasteiger partial charge in [0.1, 0.15) is 5.02 Å². The van der Waals surface area contributed by atoms with Gasteiger partial charge in [-0.2, -0.15) is 0 Å². The van der Waals surface area contributed by atoms with Crippen LogP contribution in [0, 0.1) is 16.0 Å². The van der Waals surface area contributed by atoms with Gasteiger partial charge in [-0.1, -0.05) is 31.5 Å². The van der Waals surface area contributed by atoms with Crippen LogP contribution in [0.15, 0.2) is 23.1 Å². The fourth-order valence-electron chi connectivity index (χ4n) is 2.10. The van der Waals surface area contributed by atoms with Gasteiger partial charge in [0.05, 0.1) is 9.83 Å². The van der Waals surface area contributed by atoms with E-state index in [4.69, 9.17) is 11.6 Å². The molecule has 2 rings (SSSR count). The Balaban J connectivity index is 2.10. The standard InChI is InChI=1S/C16H16ClN3O5S/c1-9(2)14(21)18-5-6-19-15(22)13(26-16(19)23)8-10-3-4-11(17)12(7-10)20(24)25/h3-4,7-9H,5-6H2,1-2H3,(H,18,21)/b13-8+. The lowest BCUT2D eigenvalue weighted by atomic mass is 10.2. The molecule has 0 bridgehead atoms. The van der Waals surface area contributed by atoms with Crippen LogP contribution in [0.2, 0.25) is 5.02 Å². The molecular formula is C16H16ClN3O5S. The molecule has 1 saturated heterocycles. The van der Waals surface area contributed by atoms with Crippen molar-refractivity contribution in [3.05, 3.63) is 43.8 Å². The molecule has 0 atom stereocenters. The minimum Gasteiger partial charge on any atom is -0.354 e. The van der Waals surface area contributed by atoms with E-state index < -0.39 is 16.1 Å². The molecule has 1 N–H and O–H groups in total. The van der Waals surface area contributed by atoms with Gasteiger partial charge < -0.3 is 5.32 Å². The maximum absolute atomic E-state index is 12.4. The van der Waals surface area contributed by atoms with Crippen molar-refractivity contribution in [3.8, 4) is 0 Å². The van der Waals surface area contributed by atoms with Crippen LogP contribution >= 0.6 is 23.4 Å². The Hall–Kier alpha value is -2.39. The Labute approximate surface area is 158 Å². The zero-order chi connectivity index (χ0) is 19.4. The molecule has 3 amide bonds. The summed E-state index contributed by atoms with van der Waals surface area (Å²) in [6.07, 6.45) is 1.40. The van der Waals surface area contributed by atoms with E-state index >= 15 is 0 Å². The zero-order valence-electron chi connectivity index (χ0n) is 14.0. The van der Waals surface area contributed by atoms with Gasteiger partial charge in [0, 0.05) is 25.1 Å². The average Bonchev–Trinajstić information content (AvgIpc) is 2.83. The Morgan fingerprint density at radius 2 is 2.12 bits per heavy atom. The Morgan fingerprint density at radius 3 is 2.73 bits per heavy atom. The van der Waals surface area contributed by atoms with Crippen LogP contribution in [-0.4, -0.2) is 40.0 Å². The third kappa shape index (κ3) is 4.61. The average molecular weight is 398 g/mol. The highest BCUT2D eigenvalue weighted by molar-refractivity contribution is 8.18. The van der Waals surface area contributed by atoms with Gasteiger partial charge in [-0.25, -0.2) is 0 Å². The van der Waals surface area contributed by atoms with Crippen LogP contribution in [0.25, 0.3) is 6.08 Å². The number of nitro groups is 1. The maximum atomic E-state index is 12.4. The number of rotatable bonds is 6. The Kier molecular flexibility index (Phi) is 6.38. The summed E-state index contributed by atoms with van der Waals surface area (Å²) in [6, 6.07) is 4.11. The topological polar surface area (TPSA) is 110 Å².